The summed E-state index contributed by atoms with van der Waals surface area (Å²) in [5.41, 5.74) is 0. The second kappa shape index (κ2) is 7.76. The number of H-pyrrole nitrogens is 1. The summed E-state index contributed by atoms with van der Waals surface area (Å²) in [4.78, 5) is 11.4. The van der Waals surface area contributed by atoms with Gasteiger partial charge < -0.3 is 5.32 Å². The molecule has 2 N–H and O–H groups in total. The van der Waals surface area contributed by atoms with Crippen molar-refractivity contribution in [1.29, 1.82) is 0 Å². The number of rotatable bonds is 8. The Labute approximate surface area is 102 Å². The van der Waals surface area contributed by atoms with Crippen LogP contribution in [0.15, 0.2) is 0 Å². The first-order valence-electron chi connectivity index (χ1n) is 6.22. The number of amides is 1. The number of aromatic nitrogens is 4. The minimum atomic E-state index is -0.263. The molecule has 0 radical (unpaired) electrons. The fraction of sp³-hybridized carbons (Fsp3) is 0.818. The second-order valence-corrected chi connectivity index (χ2v) is 4.59. The van der Waals surface area contributed by atoms with Gasteiger partial charge in [-0.15, -0.1) is 10.2 Å². The van der Waals surface area contributed by atoms with Crippen LogP contribution in [0.2, 0.25) is 0 Å². The quantitative estimate of drug-likeness (QED) is 0.674. The molecule has 0 saturated heterocycles. The third kappa shape index (κ3) is 5.99. The van der Waals surface area contributed by atoms with Crippen molar-refractivity contribution in [2.45, 2.75) is 46.0 Å². The van der Waals surface area contributed by atoms with Crippen LogP contribution in [0.4, 0.5) is 0 Å². The SMILES string of the molecule is CC(C)CCCCCCNC(=O)c1nn[nH]n1. The van der Waals surface area contributed by atoms with Crippen molar-refractivity contribution in [1.82, 2.24) is 25.9 Å². The maximum Gasteiger partial charge on any atom is 0.292 e. The van der Waals surface area contributed by atoms with E-state index in [9.17, 15) is 4.79 Å². The molecule has 0 saturated carbocycles. The molecule has 0 spiro atoms. The molecule has 0 bridgehead atoms. The lowest BCUT2D eigenvalue weighted by Gasteiger charge is -2.04. The maximum absolute atomic E-state index is 11.4. The Hall–Kier alpha value is -1.46. The number of hydrogen-bond acceptors (Lipinski definition) is 4. The molecule has 0 unspecified atom stereocenters. The second-order valence-electron chi connectivity index (χ2n) is 4.59. The lowest BCUT2D eigenvalue weighted by Crippen LogP contribution is -2.25. The molecule has 1 heterocycles. The highest BCUT2D eigenvalue weighted by atomic mass is 16.2. The summed E-state index contributed by atoms with van der Waals surface area (Å²) in [7, 11) is 0. The fourth-order valence-electron chi connectivity index (χ4n) is 1.57. The van der Waals surface area contributed by atoms with E-state index in [2.05, 4.69) is 39.8 Å². The van der Waals surface area contributed by atoms with Crippen molar-refractivity contribution in [3.63, 3.8) is 0 Å². The molecule has 17 heavy (non-hydrogen) atoms. The van der Waals surface area contributed by atoms with E-state index in [0.717, 1.165) is 18.8 Å². The van der Waals surface area contributed by atoms with Gasteiger partial charge in [-0.1, -0.05) is 39.5 Å². The lowest BCUT2D eigenvalue weighted by atomic mass is 10.0. The zero-order valence-electron chi connectivity index (χ0n) is 10.6. The Morgan fingerprint density at radius 1 is 1.29 bits per heavy atom. The Balaban J connectivity index is 1.96. The number of carbonyl (C=O) groups excluding carboxylic acids is 1. The fourth-order valence-corrected chi connectivity index (χ4v) is 1.57. The predicted octanol–water partition coefficient (Wildman–Crippen LogP) is 1.54. The van der Waals surface area contributed by atoms with Crippen LogP contribution in [0.1, 0.15) is 56.6 Å². The van der Waals surface area contributed by atoms with Gasteiger partial charge in [-0.3, -0.25) is 4.79 Å². The largest absolute Gasteiger partial charge is 0.349 e. The molecule has 1 amide bonds. The molecule has 0 aliphatic heterocycles. The summed E-state index contributed by atoms with van der Waals surface area (Å²) < 4.78 is 0. The first kappa shape index (κ1) is 13.6. The van der Waals surface area contributed by atoms with E-state index < -0.39 is 0 Å². The van der Waals surface area contributed by atoms with Gasteiger partial charge in [0.25, 0.3) is 11.7 Å². The Morgan fingerprint density at radius 2 is 2.06 bits per heavy atom. The van der Waals surface area contributed by atoms with E-state index in [1.165, 1.54) is 19.3 Å². The Bertz CT molecular complexity index is 310. The van der Waals surface area contributed by atoms with Crippen LogP contribution in [0.5, 0.6) is 0 Å². The molecule has 0 aliphatic carbocycles. The summed E-state index contributed by atoms with van der Waals surface area (Å²) in [5, 5.41) is 15.5. The first-order valence-corrected chi connectivity index (χ1v) is 6.22. The minimum Gasteiger partial charge on any atom is -0.349 e. The highest BCUT2D eigenvalue weighted by Gasteiger charge is 2.08. The van der Waals surface area contributed by atoms with Crippen molar-refractivity contribution in [3.05, 3.63) is 5.82 Å². The summed E-state index contributed by atoms with van der Waals surface area (Å²) in [6, 6.07) is 0. The van der Waals surface area contributed by atoms with E-state index in [1.807, 2.05) is 0 Å². The molecule has 0 atom stereocenters. The summed E-state index contributed by atoms with van der Waals surface area (Å²) >= 11 is 0. The topological polar surface area (TPSA) is 83.6 Å². The van der Waals surface area contributed by atoms with Crippen LogP contribution in [0.25, 0.3) is 0 Å². The van der Waals surface area contributed by atoms with Gasteiger partial charge >= 0.3 is 0 Å². The van der Waals surface area contributed by atoms with Crippen molar-refractivity contribution < 1.29 is 4.79 Å². The standard InChI is InChI=1S/C11H21N5O/c1-9(2)7-5-3-4-6-8-12-11(17)10-13-15-16-14-10/h9H,3-8H2,1-2H3,(H,12,17)(H,13,14,15,16). The van der Waals surface area contributed by atoms with Crippen molar-refractivity contribution in [2.24, 2.45) is 5.92 Å². The van der Waals surface area contributed by atoms with Gasteiger partial charge in [0.1, 0.15) is 0 Å². The maximum atomic E-state index is 11.4. The number of aromatic amines is 1. The van der Waals surface area contributed by atoms with Crippen molar-refractivity contribution in [2.75, 3.05) is 6.54 Å². The predicted molar refractivity (Wildman–Crippen MR) is 64.4 cm³/mol. The van der Waals surface area contributed by atoms with Gasteiger partial charge in [-0.25, -0.2) is 0 Å². The Morgan fingerprint density at radius 3 is 2.71 bits per heavy atom. The first-order chi connectivity index (χ1) is 8.20. The molecular weight excluding hydrogens is 218 g/mol. The molecule has 1 aromatic heterocycles. The van der Waals surface area contributed by atoms with Crippen LogP contribution in [0, 0.1) is 5.92 Å². The molecule has 1 rings (SSSR count). The summed E-state index contributed by atoms with van der Waals surface area (Å²) in [6.07, 6.45) is 5.95. The molecule has 0 aromatic carbocycles. The third-order valence-corrected chi connectivity index (χ3v) is 2.54. The van der Waals surface area contributed by atoms with Gasteiger partial charge in [0, 0.05) is 6.54 Å². The van der Waals surface area contributed by atoms with E-state index in [-0.39, 0.29) is 11.7 Å². The molecule has 0 fully saturated rings. The zero-order valence-corrected chi connectivity index (χ0v) is 10.6. The third-order valence-electron chi connectivity index (χ3n) is 2.54. The number of carbonyl (C=O) groups is 1. The average molecular weight is 239 g/mol. The van der Waals surface area contributed by atoms with E-state index >= 15 is 0 Å². The molecule has 1 aromatic rings. The highest BCUT2D eigenvalue weighted by Crippen LogP contribution is 2.08. The zero-order chi connectivity index (χ0) is 12.5. The van der Waals surface area contributed by atoms with E-state index in [1.54, 1.807) is 0 Å². The van der Waals surface area contributed by atoms with Gasteiger partial charge in [0.2, 0.25) is 0 Å². The molecule has 0 aliphatic rings. The molecule has 6 heteroatoms. The van der Waals surface area contributed by atoms with Crippen LogP contribution in [-0.4, -0.2) is 33.1 Å². The molecule has 96 valence electrons. The number of unbranched alkanes of at least 4 members (excludes halogenated alkanes) is 3. The van der Waals surface area contributed by atoms with Crippen molar-refractivity contribution in [3.8, 4) is 0 Å². The highest BCUT2D eigenvalue weighted by molar-refractivity contribution is 5.89. The van der Waals surface area contributed by atoms with Gasteiger partial charge in [0.15, 0.2) is 0 Å². The normalized spacial score (nSPS) is 10.8. The van der Waals surface area contributed by atoms with Gasteiger partial charge in [-0.2, -0.15) is 5.21 Å². The number of hydrogen-bond donors (Lipinski definition) is 2. The van der Waals surface area contributed by atoms with Gasteiger partial charge in [0.05, 0.1) is 0 Å². The van der Waals surface area contributed by atoms with Crippen LogP contribution in [-0.2, 0) is 0 Å². The van der Waals surface area contributed by atoms with Crippen molar-refractivity contribution >= 4 is 5.91 Å². The monoisotopic (exact) mass is 239 g/mol. The molecular formula is C11H21N5O. The number of nitrogens with one attached hydrogen (secondary N) is 2. The number of nitrogens with zero attached hydrogens (tertiary/aromatic N) is 3. The smallest absolute Gasteiger partial charge is 0.292 e. The molecule has 6 nitrogen and oxygen atoms in total. The summed E-state index contributed by atoms with van der Waals surface area (Å²) in [6.45, 7) is 5.16. The minimum absolute atomic E-state index is 0.102. The van der Waals surface area contributed by atoms with E-state index in [0.29, 0.717) is 6.54 Å². The summed E-state index contributed by atoms with van der Waals surface area (Å²) in [5.74, 6) is 0.624. The average Bonchev–Trinajstić information content (AvgIpc) is 2.80. The van der Waals surface area contributed by atoms with Crippen LogP contribution >= 0.6 is 0 Å². The van der Waals surface area contributed by atoms with Gasteiger partial charge in [-0.05, 0) is 17.6 Å². The van der Waals surface area contributed by atoms with Crippen LogP contribution < -0.4 is 5.32 Å². The Kier molecular flexibility index (Phi) is 6.21. The lowest BCUT2D eigenvalue weighted by molar-refractivity contribution is 0.0942. The van der Waals surface area contributed by atoms with E-state index in [4.69, 9.17) is 0 Å². The number of tetrazole rings is 1. The van der Waals surface area contributed by atoms with Crippen LogP contribution in [0.3, 0.4) is 0 Å².